The number of esters is 1. The first-order valence-corrected chi connectivity index (χ1v) is 5.36. The van der Waals surface area contributed by atoms with Crippen molar-refractivity contribution < 1.29 is 23.5 Å². The smallest absolute Gasteiger partial charge is 0.326 e. The summed E-state index contributed by atoms with van der Waals surface area (Å²) in [4.78, 5) is 35.1. The third-order valence-corrected chi connectivity index (χ3v) is 2.55. The molecule has 1 aliphatic heterocycles. The third-order valence-electron chi connectivity index (χ3n) is 2.55. The van der Waals surface area contributed by atoms with Gasteiger partial charge in [-0.05, 0) is 25.1 Å². The van der Waals surface area contributed by atoms with E-state index in [0.717, 1.165) is 12.1 Å². The van der Waals surface area contributed by atoms with Crippen LogP contribution in [0.5, 0.6) is 0 Å². The first kappa shape index (κ1) is 12.2. The van der Waals surface area contributed by atoms with E-state index in [-0.39, 0.29) is 17.9 Å². The Morgan fingerprint density at radius 1 is 1.44 bits per heavy atom. The average molecular weight is 251 g/mol. The van der Waals surface area contributed by atoms with Crippen molar-refractivity contribution >= 4 is 23.3 Å². The molecule has 1 atom stereocenters. The standard InChI is InChI=1S/C12H10FNO4/c1-2-18-12(17)9-10(15)7-4-3-6(13)5-8(7)14-11(9)16/h3-5,9H,2H2,1H3,(H,14,16). The number of ether oxygens (including phenoxy) is 1. The van der Waals surface area contributed by atoms with Crippen LogP contribution in [0.1, 0.15) is 17.3 Å². The topological polar surface area (TPSA) is 72.5 Å². The molecule has 1 heterocycles. The normalized spacial score (nSPS) is 18.0. The Morgan fingerprint density at radius 3 is 2.83 bits per heavy atom. The maximum atomic E-state index is 13.0. The lowest BCUT2D eigenvalue weighted by Crippen LogP contribution is -2.41. The number of halogens is 1. The van der Waals surface area contributed by atoms with Crippen LogP contribution in [-0.4, -0.2) is 24.3 Å². The van der Waals surface area contributed by atoms with Crippen LogP contribution in [0.15, 0.2) is 18.2 Å². The lowest BCUT2D eigenvalue weighted by atomic mass is 9.91. The minimum atomic E-state index is -1.51. The van der Waals surface area contributed by atoms with Crippen LogP contribution in [0, 0.1) is 11.7 Å². The molecule has 1 aliphatic rings. The second kappa shape index (κ2) is 4.56. The van der Waals surface area contributed by atoms with Crippen molar-refractivity contribution in [3.05, 3.63) is 29.6 Å². The molecular formula is C12H10FNO4. The molecule has 0 saturated heterocycles. The van der Waals surface area contributed by atoms with Gasteiger partial charge in [0.25, 0.3) is 0 Å². The lowest BCUT2D eigenvalue weighted by molar-refractivity contribution is -0.148. The van der Waals surface area contributed by atoms with Crippen LogP contribution < -0.4 is 5.32 Å². The Hall–Kier alpha value is -2.24. The van der Waals surface area contributed by atoms with Crippen molar-refractivity contribution in [2.75, 3.05) is 11.9 Å². The number of benzene rings is 1. The van der Waals surface area contributed by atoms with Gasteiger partial charge in [-0.2, -0.15) is 0 Å². The highest BCUT2D eigenvalue weighted by molar-refractivity contribution is 6.29. The fraction of sp³-hybridized carbons (Fsp3) is 0.250. The van der Waals surface area contributed by atoms with Crippen molar-refractivity contribution in [2.24, 2.45) is 5.92 Å². The molecule has 18 heavy (non-hydrogen) atoms. The number of Topliss-reactive ketones (excluding diaryl/α,β-unsaturated/α-hetero) is 1. The van der Waals surface area contributed by atoms with E-state index >= 15 is 0 Å². The number of hydrogen-bond acceptors (Lipinski definition) is 4. The van der Waals surface area contributed by atoms with Crippen molar-refractivity contribution in [1.82, 2.24) is 0 Å². The van der Waals surface area contributed by atoms with Gasteiger partial charge in [-0.25, -0.2) is 4.39 Å². The highest BCUT2D eigenvalue weighted by Gasteiger charge is 2.40. The summed E-state index contributed by atoms with van der Waals surface area (Å²) in [6, 6.07) is 3.36. The maximum Gasteiger partial charge on any atom is 0.326 e. The van der Waals surface area contributed by atoms with Crippen molar-refractivity contribution in [3.63, 3.8) is 0 Å². The van der Waals surface area contributed by atoms with E-state index in [9.17, 15) is 18.8 Å². The summed E-state index contributed by atoms with van der Waals surface area (Å²) in [6.07, 6.45) is 0. The van der Waals surface area contributed by atoms with E-state index in [2.05, 4.69) is 10.1 Å². The quantitative estimate of drug-likeness (QED) is 0.632. The number of rotatable bonds is 2. The summed E-state index contributed by atoms with van der Waals surface area (Å²) in [5, 5.41) is 2.32. The van der Waals surface area contributed by atoms with Gasteiger partial charge in [-0.3, -0.25) is 14.4 Å². The average Bonchev–Trinajstić information content (AvgIpc) is 2.28. The van der Waals surface area contributed by atoms with E-state index in [1.807, 2.05) is 0 Å². The SMILES string of the molecule is CCOC(=O)C1C(=O)Nc2cc(F)ccc2C1=O. The summed E-state index contributed by atoms with van der Waals surface area (Å²) >= 11 is 0. The number of nitrogens with one attached hydrogen (secondary N) is 1. The van der Waals surface area contributed by atoms with Gasteiger partial charge in [0.1, 0.15) is 5.82 Å². The fourth-order valence-electron chi connectivity index (χ4n) is 1.75. The van der Waals surface area contributed by atoms with Gasteiger partial charge in [-0.15, -0.1) is 0 Å². The van der Waals surface area contributed by atoms with E-state index < -0.39 is 29.4 Å². The largest absolute Gasteiger partial charge is 0.465 e. The zero-order valence-electron chi connectivity index (χ0n) is 9.53. The second-order valence-corrected chi connectivity index (χ2v) is 3.73. The highest BCUT2D eigenvalue weighted by Crippen LogP contribution is 2.27. The summed E-state index contributed by atoms with van der Waals surface area (Å²) < 4.78 is 17.6. The molecule has 1 N–H and O–H groups in total. The molecule has 0 aliphatic carbocycles. The minimum absolute atomic E-state index is 0.0746. The van der Waals surface area contributed by atoms with Crippen molar-refractivity contribution in [3.8, 4) is 0 Å². The van der Waals surface area contributed by atoms with Crippen LogP contribution in [0.25, 0.3) is 0 Å². The Kier molecular flexibility index (Phi) is 3.10. The molecule has 6 heteroatoms. The van der Waals surface area contributed by atoms with Crippen LogP contribution in [0.2, 0.25) is 0 Å². The molecule has 2 rings (SSSR count). The van der Waals surface area contributed by atoms with Gasteiger partial charge in [0.15, 0.2) is 11.7 Å². The fourth-order valence-corrected chi connectivity index (χ4v) is 1.75. The van der Waals surface area contributed by atoms with Gasteiger partial charge in [-0.1, -0.05) is 0 Å². The summed E-state index contributed by atoms with van der Waals surface area (Å²) in [5.41, 5.74) is 0.180. The maximum absolute atomic E-state index is 13.0. The molecule has 0 bridgehead atoms. The summed E-state index contributed by atoms with van der Waals surface area (Å²) in [6.45, 7) is 1.65. The third kappa shape index (κ3) is 1.97. The van der Waals surface area contributed by atoms with E-state index in [1.54, 1.807) is 6.92 Å². The number of fused-ring (bicyclic) bond motifs is 1. The Balaban J connectivity index is 2.39. The van der Waals surface area contributed by atoms with E-state index in [1.165, 1.54) is 6.07 Å². The molecule has 0 radical (unpaired) electrons. The molecule has 0 fully saturated rings. The molecular weight excluding hydrogens is 241 g/mol. The van der Waals surface area contributed by atoms with Crippen LogP contribution in [-0.2, 0) is 14.3 Å². The van der Waals surface area contributed by atoms with Gasteiger partial charge < -0.3 is 10.1 Å². The van der Waals surface area contributed by atoms with Crippen LogP contribution in [0.4, 0.5) is 10.1 Å². The number of carbonyl (C=O) groups excluding carboxylic acids is 3. The molecule has 0 saturated carbocycles. The van der Waals surface area contributed by atoms with Gasteiger partial charge >= 0.3 is 5.97 Å². The lowest BCUT2D eigenvalue weighted by Gasteiger charge is -2.21. The Bertz CT molecular complexity index is 541. The van der Waals surface area contributed by atoms with Crippen molar-refractivity contribution in [1.29, 1.82) is 0 Å². The molecule has 1 aromatic rings. The number of anilines is 1. The Morgan fingerprint density at radius 2 is 2.17 bits per heavy atom. The van der Waals surface area contributed by atoms with Crippen LogP contribution >= 0.6 is 0 Å². The van der Waals surface area contributed by atoms with Crippen molar-refractivity contribution in [2.45, 2.75) is 6.92 Å². The molecule has 94 valence electrons. The number of carbonyl (C=O) groups is 3. The molecule has 0 spiro atoms. The molecule has 0 aromatic heterocycles. The first-order chi connectivity index (χ1) is 8.54. The predicted octanol–water partition coefficient (Wildman–Crippen LogP) is 1.14. The predicted molar refractivity (Wildman–Crippen MR) is 59.5 cm³/mol. The first-order valence-electron chi connectivity index (χ1n) is 5.36. The zero-order chi connectivity index (χ0) is 13.3. The monoisotopic (exact) mass is 251 g/mol. The van der Waals surface area contributed by atoms with Crippen LogP contribution in [0.3, 0.4) is 0 Å². The summed E-state index contributed by atoms with van der Waals surface area (Å²) in [7, 11) is 0. The number of hydrogen-bond donors (Lipinski definition) is 1. The molecule has 5 nitrogen and oxygen atoms in total. The molecule has 1 aromatic carbocycles. The Labute approximate surface area is 102 Å². The second-order valence-electron chi connectivity index (χ2n) is 3.73. The summed E-state index contributed by atoms with van der Waals surface area (Å²) in [5.74, 6) is -4.45. The highest BCUT2D eigenvalue weighted by atomic mass is 19.1. The van der Waals surface area contributed by atoms with Gasteiger partial charge in [0, 0.05) is 5.56 Å². The van der Waals surface area contributed by atoms with E-state index in [0.29, 0.717) is 0 Å². The van der Waals surface area contributed by atoms with Gasteiger partial charge in [0.2, 0.25) is 5.91 Å². The molecule has 1 amide bonds. The van der Waals surface area contributed by atoms with Gasteiger partial charge in [0.05, 0.1) is 12.3 Å². The minimum Gasteiger partial charge on any atom is -0.465 e. The van der Waals surface area contributed by atoms with E-state index in [4.69, 9.17) is 0 Å². The zero-order valence-corrected chi connectivity index (χ0v) is 9.53. The number of ketones is 1. The number of amides is 1. The molecule has 1 unspecified atom stereocenters.